The van der Waals surface area contributed by atoms with Crippen molar-refractivity contribution in [1.29, 1.82) is 0 Å². The first-order valence-corrected chi connectivity index (χ1v) is 17.5. The lowest BCUT2D eigenvalue weighted by Gasteiger charge is -2.24. The highest BCUT2D eigenvalue weighted by Crippen LogP contribution is 2.25. The first kappa shape index (κ1) is 40.5. The summed E-state index contributed by atoms with van der Waals surface area (Å²) < 4.78 is 11.0. The quantitative estimate of drug-likeness (QED) is 0.293. The summed E-state index contributed by atoms with van der Waals surface area (Å²) in [6.07, 6.45) is 8.79. The van der Waals surface area contributed by atoms with Crippen molar-refractivity contribution < 1.29 is 39.2 Å². The van der Waals surface area contributed by atoms with Crippen LogP contribution in [0.4, 0.5) is 0 Å². The lowest BCUT2D eigenvalue weighted by atomic mass is 9.88. The van der Waals surface area contributed by atoms with E-state index in [-0.39, 0.29) is 24.8 Å². The Morgan fingerprint density at radius 1 is 0.818 bits per heavy atom. The second-order valence-corrected chi connectivity index (χ2v) is 13.5. The first-order valence-electron chi connectivity index (χ1n) is 17.5. The van der Waals surface area contributed by atoms with E-state index in [0.717, 1.165) is 57.8 Å². The number of ether oxygens (including phenoxy) is 2. The Balaban J connectivity index is 2.86. The van der Waals surface area contributed by atoms with E-state index >= 15 is 0 Å². The zero-order valence-corrected chi connectivity index (χ0v) is 28.4. The van der Waals surface area contributed by atoms with Gasteiger partial charge in [-0.2, -0.15) is 0 Å². The number of β-amino-alcohol motifs (C(OH)–C–C–N with tert-alkyl or cyclic N) is 1. The standard InChI is InChI=1S/C35H65NO8/c1-6-12-33-34(41)36-23-30(38)22-32(40)31(39)20-19-28(24-43-5)16-10-14-27(7-2)15-11-18-29(37)17-9-8-13-25(3)21-26(4)35(42)44-33/h25-28,30-33,38-40H,6-24H2,1-5H3,(H,36,41). The van der Waals surface area contributed by atoms with Crippen molar-refractivity contribution in [2.75, 3.05) is 20.3 Å². The lowest BCUT2D eigenvalue weighted by Crippen LogP contribution is -2.43. The molecule has 8 atom stereocenters. The third-order valence-electron chi connectivity index (χ3n) is 9.28. The Kier molecular flexibility index (Phi) is 21.8. The molecule has 258 valence electrons. The van der Waals surface area contributed by atoms with Crippen molar-refractivity contribution in [3.05, 3.63) is 0 Å². The predicted octanol–water partition coefficient (Wildman–Crippen LogP) is 5.50. The third kappa shape index (κ3) is 17.8. The van der Waals surface area contributed by atoms with Crippen molar-refractivity contribution in [1.82, 2.24) is 5.32 Å². The van der Waals surface area contributed by atoms with Gasteiger partial charge in [-0.05, 0) is 62.7 Å². The van der Waals surface area contributed by atoms with Crippen LogP contribution >= 0.6 is 0 Å². The third-order valence-corrected chi connectivity index (χ3v) is 9.28. The molecule has 0 aliphatic carbocycles. The number of esters is 1. The minimum Gasteiger partial charge on any atom is -0.452 e. The number of cyclic esters (lactones) is 1. The van der Waals surface area contributed by atoms with Crippen LogP contribution in [0.3, 0.4) is 0 Å². The van der Waals surface area contributed by atoms with E-state index in [0.29, 0.717) is 69.2 Å². The SMILES string of the molecule is CCCC1OC(=O)C(C)CC(C)CCCCC(=O)CCCC(CC)CCCC(COC)CCC(O)C(O)CC(O)CNC1=O. The van der Waals surface area contributed by atoms with E-state index in [1.165, 1.54) is 0 Å². The van der Waals surface area contributed by atoms with E-state index in [4.69, 9.17) is 9.47 Å². The van der Waals surface area contributed by atoms with E-state index in [9.17, 15) is 29.7 Å². The normalized spacial score (nSPS) is 33.0. The monoisotopic (exact) mass is 627 g/mol. The maximum absolute atomic E-state index is 12.8. The minimum atomic E-state index is -1.13. The van der Waals surface area contributed by atoms with E-state index < -0.39 is 36.3 Å². The molecule has 0 bridgehead atoms. The Hall–Kier alpha value is -1.55. The fourth-order valence-corrected chi connectivity index (χ4v) is 6.35. The molecule has 44 heavy (non-hydrogen) atoms. The highest BCUT2D eigenvalue weighted by Gasteiger charge is 2.27. The van der Waals surface area contributed by atoms with E-state index in [1.807, 2.05) is 13.8 Å². The van der Waals surface area contributed by atoms with Crippen LogP contribution < -0.4 is 5.32 Å². The molecule has 0 aromatic carbocycles. The summed E-state index contributed by atoms with van der Waals surface area (Å²) in [6, 6.07) is 0. The van der Waals surface area contributed by atoms with Gasteiger partial charge >= 0.3 is 5.97 Å². The first-order chi connectivity index (χ1) is 21.0. The molecule has 1 aliphatic heterocycles. The van der Waals surface area contributed by atoms with Crippen LogP contribution in [0.15, 0.2) is 0 Å². The van der Waals surface area contributed by atoms with Crippen molar-refractivity contribution in [3.63, 3.8) is 0 Å². The topological polar surface area (TPSA) is 142 Å². The number of methoxy groups -OCH3 is 1. The highest BCUT2D eigenvalue weighted by molar-refractivity contribution is 5.84. The second-order valence-electron chi connectivity index (χ2n) is 13.5. The van der Waals surface area contributed by atoms with Gasteiger partial charge in [0.1, 0.15) is 5.78 Å². The lowest BCUT2D eigenvalue weighted by molar-refractivity contribution is -0.160. The van der Waals surface area contributed by atoms with Gasteiger partial charge in [0.25, 0.3) is 5.91 Å². The van der Waals surface area contributed by atoms with Crippen LogP contribution in [0, 0.1) is 23.7 Å². The number of amides is 1. The summed E-state index contributed by atoms with van der Waals surface area (Å²) in [7, 11) is 1.67. The Morgan fingerprint density at radius 3 is 2.18 bits per heavy atom. The molecular formula is C35H65NO8. The molecule has 9 nitrogen and oxygen atoms in total. The van der Waals surface area contributed by atoms with Crippen LogP contribution in [0.5, 0.6) is 0 Å². The number of nitrogens with one attached hydrogen (secondary N) is 1. The molecule has 8 unspecified atom stereocenters. The molecule has 9 heteroatoms. The highest BCUT2D eigenvalue weighted by atomic mass is 16.5. The van der Waals surface area contributed by atoms with Crippen LogP contribution in [0.25, 0.3) is 0 Å². The molecule has 1 saturated heterocycles. The Morgan fingerprint density at radius 2 is 1.50 bits per heavy atom. The van der Waals surface area contributed by atoms with Gasteiger partial charge < -0.3 is 30.1 Å². The summed E-state index contributed by atoms with van der Waals surface area (Å²) in [5, 5.41) is 34.3. The average molecular weight is 628 g/mol. The Bertz CT molecular complexity index is 793. The van der Waals surface area contributed by atoms with Gasteiger partial charge in [-0.25, -0.2) is 0 Å². The molecule has 4 N–H and O–H groups in total. The fourth-order valence-electron chi connectivity index (χ4n) is 6.35. The molecule has 1 amide bonds. The Labute approximate surface area is 267 Å². The predicted molar refractivity (Wildman–Crippen MR) is 173 cm³/mol. The number of carbonyl (C=O) groups excluding carboxylic acids is 3. The van der Waals surface area contributed by atoms with Crippen LogP contribution in [-0.2, 0) is 23.9 Å². The number of carbonyl (C=O) groups is 3. The van der Waals surface area contributed by atoms with Crippen LogP contribution in [0.2, 0.25) is 0 Å². The number of aliphatic hydroxyl groups excluding tert-OH is 3. The van der Waals surface area contributed by atoms with Gasteiger partial charge in [0.2, 0.25) is 0 Å². The van der Waals surface area contributed by atoms with Gasteiger partial charge in [0.05, 0.1) is 24.2 Å². The number of rotatable bonds is 5. The summed E-state index contributed by atoms with van der Waals surface area (Å²) in [4.78, 5) is 38.2. The molecular weight excluding hydrogens is 562 g/mol. The minimum absolute atomic E-state index is 0.0791. The summed E-state index contributed by atoms with van der Waals surface area (Å²) >= 11 is 0. The van der Waals surface area contributed by atoms with Gasteiger partial charge in [-0.3, -0.25) is 14.4 Å². The molecule has 0 aromatic rings. The molecule has 1 heterocycles. The van der Waals surface area contributed by atoms with Crippen LogP contribution in [0.1, 0.15) is 137 Å². The maximum atomic E-state index is 12.8. The number of Topliss-reactive ketones (excluding diaryl/α,β-unsaturated/α-hetero) is 1. The maximum Gasteiger partial charge on any atom is 0.309 e. The molecule has 1 fully saturated rings. The van der Waals surface area contributed by atoms with E-state index in [1.54, 1.807) is 7.11 Å². The van der Waals surface area contributed by atoms with E-state index in [2.05, 4.69) is 19.2 Å². The molecule has 0 aromatic heterocycles. The number of ketones is 1. The molecule has 0 spiro atoms. The van der Waals surface area contributed by atoms with Gasteiger partial charge in [-0.15, -0.1) is 0 Å². The zero-order chi connectivity index (χ0) is 32.9. The van der Waals surface area contributed by atoms with Crippen molar-refractivity contribution >= 4 is 17.7 Å². The summed E-state index contributed by atoms with van der Waals surface area (Å²) in [6.45, 7) is 8.52. The number of aliphatic hydroxyl groups is 3. The number of hydrogen-bond acceptors (Lipinski definition) is 8. The molecule has 0 saturated carbocycles. The summed E-state index contributed by atoms with van der Waals surface area (Å²) in [5.74, 6) is 0.252. The second kappa shape index (κ2) is 23.7. The summed E-state index contributed by atoms with van der Waals surface area (Å²) in [5.41, 5.74) is 0. The van der Waals surface area contributed by atoms with Gasteiger partial charge in [-0.1, -0.05) is 72.6 Å². The van der Waals surface area contributed by atoms with Crippen molar-refractivity contribution in [2.24, 2.45) is 23.7 Å². The van der Waals surface area contributed by atoms with Crippen molar-refractivity contribution in [3.8, 4) is 0 Å². The zero-order valence-electron chi connectivity index (χ0n) is 28.4. The molecule has 1 rings (SSSR count). The fraction of sp³-hybridized carbons (Fsp3) is 0.914. The largest absolute Gasteiger partial charge is 0.452 e. The molecule has 0 radical (unpaired) electrons. The average Bonchev–Trinajstić information content (AvgIpc) is 2.98. The van der Waals surface area contributed by atoms with Gasteiger partial charge in [0.15, 0.2) is 6.10 Å². The van der Waals surface area contributed by atoms with Gasteiger partial charge in [0, 0.05) is 39.5 Å². The number of hydrogen-bond donors (Lipinski definition) is 4. The van der Waals surface area contributed by atoms with Crippen molar-refractivity contribution in [2.45, 2.75) is 161 Å². The molecule has 1 aliphatic rings. The smallest absolute Gasteiger partial charge is 0.309 e. The van der Waals surface area contributed by atoms with Crippen LogP contribution in [-0.4, -0.2) is 77.7 Å².